The molecule has 33 heavy (non-hydrogen) atoms. The number of nitrogens with zero attached hydrogens (tertiary/aromatic N) is 3. The number of anilines is 1. The first-order valence-corrected chi connectivity index (χ1v) is 11.6. The lowest BCUT2D eigenvalue weighted by Crippen LogP contribution is -2.42. The molecule has 178 valence electrons. The van der Waals surface area contributed by atoms with Gasteiger partial charge < -0.3 is 15.0 Å². The van der Waals surface area contributed by atoms with Crippen molar-refractivity contribution in [2.45, 2.75) is 58.0 Å². The average molecular weight is 456 g/mol. The number of imide groups is 1. The normalized spacial score (nSPS) is 21.8. The monoisotopic (exact) mass is 455 g/mol. The van der Waals surface area contributed by atoms with E-state index in [9.17, 15) is 14.4 Å². The first-order chi connectivity index (χ1) is 15.6. The maximum absolute atomic E-state index is 12.5. The van der Waals surface area contributed by atoms with E-state index in [1.54, 1.807) is 0 Å². The van der Waals surface area contributed by atoms with Gasteiger partial charge in [0.25, 0.3) is 0 Å². The molecule has 2 aliphatic heterocycles. The van der Waals surface area contributed by atoms with Crippen LogP contribution >= 0.6 is 0 Å². The fourth-order valence-corrected chi connectivity index (χ4v) is 4.80. The molecule has 0 radical (unpaired) electrons. The van der Waals surface area contributed by atoms with Crippen LogP contribution in [0.2, 0.25) is 0 Å². The maximum Gasteiger partial charge on any atom is 0.407 e. The van der Waals surface area contributed by atoms with E-state index >= 15 is 0 Å². The smallest absolute Gasteiger partial charge is 0.407 e. The average Bonchev–Trinajstić information content (AvgIpc) is 3.08. The molecule has 0 bridgehead atoms. The summed E-state index contributed by atoms with van der Waals surface area (Å²) in [6.45, 7) is 7.86. The Morgan fingerprint density at radius 3 is 2.79 bits per heavy atom. The van der Waals surface area contributed by atoms with Gasteiger partial charge in [0.2, 0.25) is 11.8 Å². The fraction of sp³-hybridized carbons (Fsp3) is 0.583. The lowest BCUT2D eigenvalue weighted by Gasteiger charge is -2.35. The molecule has 1 aromatic carbocycles. The third kappa shape index (κ3) is 5.12. The van der Waals surface area contributed by atoms with Crippen LogP contribution < -0.4 is 15.5 Å². The highest BCUT2D eigenvalue weighted by atomic mass is 16.6. The number of amides is 3. The van der Waals surface area contributed by atoms with Crippen LogP contribution in [0.1, 0.15) is 58.1 Å². The Kier molecular flexibility index (Phi) is 6.32. The van der Waals surface area contributed by atoms with Crippen molar-refractivity contribution < 1.29 is 19.1 Å². The van der Waals surface area contributed by atoms with Gasteiger partial charge in [-0.25, -0.2) is 4.79 Å². The Morgan fingerprint density at radius 1 is 1.27 bits per heavy atom. The molecule has 1 unspecified atom stereocenters. The number of alkyl carbamates (subject to hydrolysis) is 1. The highest BCUT2D eigenvalue weighted by Gasteiger charge is 2.32. The van der Waals surface area contributed by atoms with Crippen molar-refractivity contribution in [1.82, 2.24) is 20.4 Å². The van der Waals surface area contributed by atoms with Gasteiger partial charge in [-0.2, -0.15) is 5.10 Å². The molecule has 1 aromatic heterocycles. The van der Waals surface area contributed by atoms with Crippen LogP contribution in [-0.4, -0.2) is 52.9 Å². The first kappa shape index (κ1) is 23.1. The quantitative estimate of drug-likeness (QED) is 0.687. The van der Waals surface area contributed by atoms with Gasteiger partial charge in [0, 0.05) is 38.5 Å². The molecule has 0 saturated carbocycles. The Balaban J connectivity index is 1.52. The summed E-state index contributed by atoms with van der Waals surface area (Å²) in [7, 11) is 1.90. The minimum absolute atomic E-state index is 0.225. The van der Waals surface area contributed by atoms with Crippen molar-refractivity contribution in [1.29, 1.82) is 0 Å². The van der Waals surface area contributed by atoms with E-state index in [1.807, 2.05) is 44.6 Å². The lowest BCUT2D eigenvalue weighted by atomic mass is 9.92. The molecule has 2 aliphatic rings. The molecule has 9 heteroatoms. The van der Waals surface area contributed by atoms with Crippen LogP contribution in [0.4, 0.5) is 10.5 Å². The maximum atomic E-state index is 12.5. The van der Waals surface area contributed by atoms with Crippen LogP contribution in [0.25, 0.3) is 10.9 Å². The Bertz CT molecular complexity index is 1070. The SMILES string of the molecule is Cn1nc(C2CCC(=O)NC2=O)c2cccc(N3CCC[C@@H](CNC(=O)OC(C)(C)C)C3)c21. The molecule has 2 atom stereocenters. The second-order valence-corrected chi connectivity index (χ2v) is 10.0. The molecular formula is C24H33N5O4. The van der Waals surface area contributed by atoms with E-state index < -0.39 is 11.5 Å². The highest BCUT2D eigenvalue weighted by molar-refractivity contribution is 6.03. The van der Waals surface area contributed by atoms with Crippen molar-refractivity contribution in [3.63, 3.8) is 0 Å². The molecule has 0 aliphatic carbocycles. The van der Waals surface area contributed by atoms with E-state index in [0.717, 1.165) is 48.2 Å². The predicted octanol–water partition coefficient (Wildman–Crippen LogP) is 2.83. The summed E-state index contributed by atoms with van der Waals surface area (Å²) in [5.74, 6) is -0.613. The second-order valence-electron chi connectivity index (χ2n) is 10.0. The van der Waals surface area contributed by atoms with Crippen LogP contribution in [0.15, 0.2) is 18.2 Å². The molecule has 2 fully saturated rings. The predicted molar refractivity (Wildman–Crippen MR) is 125 cm³/mol. The summed E-state index contributed by atoms with van der Waals surface area (Å²) in [6.07, 6.45) is 2.47. The molecule has 2 saturated heterocycles. The van der Waals surface area contributed by atoms with Gasteiger partial charge >= 0.3 is 6.09 Å². The molecule has 9 nitrogen and oxygen atoms in total. The molecule has 2 aromatic rings. The summed E-state index contributed by atoms with van der Waals surface area (Å²) in [5.41, 5.74) is 2.26. The first-order valence-electron chi connectivity index (χ1n) is 11.6. The number of para-hydroxylation sites is 1. The standard InChI is InChI=1S/C24H33N5O4/c1-24(2,3)33-23(32)25-13-15-7-6-12-29(14-15)18-9-5-8-16-20(27-28(4)21(16)18)17-10-11-19(30)26-22(17)31/h5,8-9,15,17H,6-7,10-14H2,1-4H3,(H,25,32)(H,26,30,31)/t15-,17?/m0/s1. The van der Waals surface area contributed by atoms with Crippen molar-refractivity contribution in [2.24, 2.45) is 13.0 Å². The van der Waals surface area contributed by atoms with Crippen LogP contribution in [0.5, 0.6) is 0 Å². The van der Waals surface area contributed by atoms with Gasteiger partial charge in [-0.3, -0.25) is 19.6 Å². The van der Waals surface area contributed by atoms with Crippen molar-refractivity contribution in [3.05, 3.63) is 23.9 Å². The number of carbonyl (C=O) groups is 3. The van der Waals surface area contributed by atoms with E-state index in [-0.39, 0.29) is 17.9 Å². The second kappa shape index (κ2) is 9.03. The summed E-state index contributed by atoms with van der Waals surface area (Å²) in [5, 5.41) is 11.0. The van der Waals surface area contributed by atoms with Crippen LogP contribution in [0.3, 0.4) is 0 Å². The number of rotatable bonds is 4. The third-order valence-electron chi connectivity index (χ3n) is 6.23. The minimum Gasteiger partial charge on any atom is -0.444 e. The Labute approximate surface area is 193 Å². The van der Waals surface area contributed by atoms with Crippen LogP contribution in [-0.2, 0) is 21.4 Å². The van der Waals surface area contributed by atoms with Crippen LogP contribution in [0, 0.1) is 5.92 Å². The number of hydrogen-bond donors (Lipinski definition) is 2. The Morgan fingerprint density at radius 2 is 2.06 bits per heavy atom. The zero-order chi connectivity index (χ0) is 23.8. The van der Waals surface area contributed by atoms with Crippen molar-refractivity contribution >= 4 is 34.5 Å². The third-order valence-corrected chi connectivity index (χ3v) is 6.23. The number of carbonyl (C=O) groups excluding carboxylic acids is 3. The van der Waals surface area contributed by atoms with Gasteiger partial charge in [0.05, 0.1) is 22.8 Å². The number of ether oxygens (including phenoxy) is 1. The van der Waals surface area contributed by atoms with Gasteiger partial charge in [0.15, 0.2) is 0 Å². The topological polar surface area (TPSA) is 106 Å². The van der Waals surface area contributed by atoms with E-state index in [0.29, 0.717) is 25.3 Å². The molecule has 2 N–H and O–H groups in total. The van der Waals surface area contributed by atoms with Gasteiger partial charge in [-0.05, 0) is 52.0 Å². The zero-order valence-electron chi connectivity index (χ0n) is 19.8. The van der Waals surface area contributed by atoms with Gasteiger partial charge in [0.1, 0.15) is 5.60 Å². The molecule has 3 amide bonds. The zero-order valence-corrected chi connectivity index (χ0v) is 19.8. The highest BCUT2D eigenvalue weighted by Crippen LogP contribution is 2.36. The Hall–Kier alpha value is -3.10. The number of benzene rings is 1. The number of hydrogen-bond acceptors (Lipinski definition) is 6. The molecule has 0 spiro atoms. The summed E-state index contributed by atoms with van der Waals surface area (Å²) in [4.78, 5) is 38.4. The summed E-state index contributed by atoms with van der Waals surface area (Å²) < 4.78 is 7.20. The number of nitrogens with one attached hydrogen (secondary N) is 2. The van der Waals surface area contributed by atoms with E-state index in [1.165, 1.54) is 0 Å². The van der Waals surface area contributed by atoms with E-state index in [4.69, 9.17) is 9.84 Å². The summed E-state index contributed by atoms with van der Waals surface area (Å²) >= 11 is 0. The minimum atomic E-state index is -0.516. The largest absolute Gasteiger partial charge is 0.444 e. The number of fused-ring (bicyclic) bond motifs is 1. The number of aryl methyl sites for hydroxylation is 1. The number of piperidine rings is 2. The van der Waals surface area contributed by atoms with E-state index in [2.05, 4.69) is 21.6 Å². The lowest BCUT2D eigenvalue weighted by molar-refractivity contribution is -0.134. The van der Waals surface area contributed by atoms with Crippen molar-refractivity contribution in [2.75, 3.05) is 24.5 Å². The van der Waals surface area contributed by atoms with Gasteiger partial charge in [-0.15, -0.1) is 0 Å². The van der Waals surface area contributed by atoms with Crippen molar-refractivity contribution in [3.8, 4) is 0 Å². The van der Waals surface area contributed by atoms with Gasteiger partial charge in [-0.1, -0.05) is 12.1 Å². The summed E-state index contributed by atoms with van der Waals surface area (Å²) in [6, 6.07) is 6.08. The molecular weight excluding hydrogens is 422 g/mol. The number of aromatic nitrogens is 2. The molecule has 4 rings (SSSR count). The molecule has 3 heterocycles. The fourth-order valence-electron chi connectivity index (χ4n) is 4.80.